The van der Waals surface area contributed by atoms with Crippen LogP contribution in [-0.4, -0.2) is 48.5 Å². The Morgan fingerprint density at radius 3 is 2.00 bits per heavy atom. The van der Waals surface area contributed by atoms with Gasteiger partial charge in [0.25, 0.3) is 0 Å². The van der Waals surface area contributed by atoms with Crippen molar-refractivity contribution in [2.45, 2.75) is 96.7 Å². The molecule has 1 saturated carbocycles. The van der Waals surface area contributed by atoms with Crippen molar-refractivity contribution < 1.29 is 22.9 Å². The molecule has 0 spiro atoms. The lowest BCUT2D eigenvalue weighted by molar-refractivity contribution is -0.154. The molecule has 0 amide bonds. The van der Waals surface area contributed by atoms with Crippen LogP contribution in [0.2, 0.25) is 51.9 Å². The van der Waals surface area contributed by atoms with Gasteiger partial charge in [-0.25, -0.2) is 4.79 Å². The lowest BCUT2D eigenvalue weighted by Crippen LogP contribution is -2.52. The summed E-state index contributed by atoms with van der Waals surface area (Å²) in [6.45, 7) is 20.8. The van der Waals surface area contributed by atoms with Crippen LogP contribution in [0, 0.1) is 5.92 Å². The summed E-state index contributed by atoms with van der Waals surface area (Å²) in [5, 5.41) is 10.2. The van der Waals surface area contributed by atoms with Crippen molar-refractivity contribution in [3.05, 3.63) is 12.2 Å². The molecule has 158 valence electrons. The van der Waals surface area contributed by atoms with Gasteiger partial charge in [-0.15, -0.1) is 0 Å². The molecule has 0 radical (unpaired) electrons. The molecule has 3 unspecified atom stereocenters. The van der Waals surface area contributed by atoms with Crippen molar-refractivity contribution in [1.29, 1.82) is 0 Å². The van der Waals surface area contributed by atoms with E-state index in [1.54, 1.807) is 6.92 Å². The molecule has 3 atom stereocenters. The Bertz CT molecular complexity index is 508. The number of carbonyl (C=O) groups excluding carboxylic acids is 1. The van der Waals surface area contributed by atoms with Crippen LogP contribution in [0.3, 0.4) is 0 Å². The second-order valence-electron chi connectivity index (χ2n) is 10.1. The number of ether oxygens (including phenoxy) is 1. The van der Waals surface area contributed by atoms with Crippen molar-refractivity contribution in [3.8, 4) is 0 Å². The Hall–Kier alpha value is -0.259. The van der Waals surface area contributed by atoms with E-state index in [2.05, 4.69) is 52.4 Å². The molecule has 0 aromatic heterocycles. The van der Waals surface area contributed by atoms with Crippen LogP contribution in [0.4, 0.5) is 0 Å². The molecular formula is C19H40O5Si3. The lowest BCUT2D eigenvalue weighted by Gasteiger charge is -2.40. The number of aliphatic hydroxyl groups excluding tert-OH is 1. The van der Waals surface area contributed by atoms with Crippen LogP contribution >= 0.6 is 0 Å². The first-order chi connectivity index (χ1) is 12.1. The predicted molar refractivity (Wildman–Crippen MR) is 118 cm³/mol. The fourth-order valence-corrected chi connectivity index (χ4v) is 16.4. The highest BCUT2D eigenvalue weighted by Crippen LogP contribution is 2.34. The first-order valence-electron chi connectivity index (χ1n) is 10.1. The number of carbonyl (C=O) groups is 1. The third-order valence-corrected chi connectivity index (χ3v) is 14.1. The van der Waals surface area contributed by atoms with E-state index in [1.165, 1.54) is 0 Å². The van der Waals surface area contributed by atoms with E-state index in [0.717, 1.165) is 18.9 Å². The standard InChI is InChI=1S/C19H40O5Si3/c1-15(2)19(21)22-18-14-16(10-11-17(18)20)12-13-27(9,23-25(3,4)5)24-26(6,7)8/h16-18,20H,1,10-14H2,2-9H3. The van der Waals surface area contributed by atoms with Gasteiger partial charge in [-0.1, -0.05) is 6.58 Å². The zero-order chi connectivity index (χ0) is 21.0. The van der Waals surface area contributed by atoms with Gasteiger partial charge in [0.15, 0.2) is 16.6 Å². The normalized spacial score (nSPS) is 24.6. The maximum atomic E-state index is 11.8. The molecule has 1 N–H and O–H groups in total. The lowest BCUT2D eigenvalue weighted by atomic mass is 9.84. The van der Waals surface area contributed by atoms with Crippen LogP contribution in [0.25, 0.3) is 0 Å². The number of esters is 1. The SMILES string of the molecule is C=C(C)C(=O)OC1CC(CC[Si](C)(O[Si](C)(C)C)O[Si](C)(C)C)CCC1O. The largest absolute Gasteiger partial charge is 0.456 e. The van der Waals surface area contributed by atoms with E-state index in [9.17, 15) is 9.90 Å². The molecule has 5 nitrogen and oxygen atoms in total. The average Bonchev–Trinajstić information content (AvgIpc) is 2.43. The molecule has 0 aliphatic heterocycles. The van der Waals surface area contributed by atoms with Crippen LogP contribution in [-0.2, 0) is 17.8 Å². The molecule has 8 heteroatoms. The van der Waals surface area contributed by atoms with Gasteiger partial charge in [-0.2, -0.15) is 0 Å². The van der Waals surface area contributed by atoms with Gasteiger partial charge in [0, 0.05) is 5.57 Å². The molecule has 1 aliphatic carbocycles. The third kappa shape index (κ3) is 9.67. The Kier molecular flexibility index (Phi) is 8.71. The summed E-state index contributed by atoms with van der Waals surface area (Å²) in [6.07, 6.45) is 2.30. The highest BCUT2D eigenvalue weighted by Gasteiger charge is 2.41. The summed E-state index contributed by atoms with van der Waals surface area (Å²) < 4.78 is 18.6. The first-order valence-corrected chi connectivity index (χ1v) is 19.4. The summed E-state index contributed by atoms with van der Waals surface area (Å²) in [7, 11) is -5.65. The van der Waals surface area contributed by atoms with Crippen LogP contribution in [0.5, 0.6) is 0 Å². The molecule has 1 rings (SSSR count). The van der Waals surface area contributed by atoms with Crippen molar-refractivity contribution in [3.63, 3.8) is 0 Å². The van der Waals surface area contributed by atoms with Gasteiger partial charge in [-0.05, 0) is 90.4 Å². The Morgan fingerprint density at radius 1 is 1.04 bits per heavy atom. The molecule has 0 saturated heterocycles. The Labute approximate surface area is 169 Å². The maximum absolute atomic E-state index is 11.8. The highest BCUT2D eigenvalue weighted by molar-refractivity contribution is 6.87. The summed E-state index contributed by atoms with van der Waals surface area (Å²) >= 11 is 0. The zero-order valence-corrected chi connectivity index (χ0v) is 21.6. The second-order valence-corrected chi connectivity index (χ2v) is 22.9. The zero-order valence-electron chi connectivity index (χ0n) is 18.6. The van der Waals surface area contributed by atoms with Crippen molar-refractivity contribution >= 4 is 31.2 Å². The van der Waals surface area contributed by atoms with E-state index in [1.807, 2.05) is 0 Å². The van der Waals surface area contributed by atoms with Crippen LogP contribution < -0.4 is 0 Å². The molecule has 1 fully saturated rings. The minimum atomic E-state index is -2.25. The van der Waals surface area contributed by atoms with E-state index < -0.39 is 43.4 Å². The number of hydrogen-bond donors (Lipinski definition) is 1. The quantitative estimate of drug-likeness (QED) is 0.322. The molecule has 0 aromatic rings. The minimum Gasteiger partial charge on any atom is -0.456 e. The van der Waals surface area contributed by atoms with E-state index in [0.29, 0.717) is 24.3 Å². The van der Waals surface area contributed by atoms with Gasteiger partial charge < -0.3 is 18.1 Å². The molecule has 1 aliphatic rings. The Morgan fingerprint density at radius 2 is 1.56 bits per heavy atom. The fourth-order valence-electron chi connectivity index (χ4n) is 3.71. The van der Waals surface area contributed by atoms with Crippen molar-refractivity contribution in [2.24, 2.45) is 5.92 Å². The van der Waals surface area contributed by atoms with Crippen LogP contribution in [0.15, 0.2) is 12.2 Å². The molecule has 27 heavy (non-hydrogen) atoms. The summed E-state index contributed by atoms with van der Waals surface area (Å²) in [5.74, 6) is 0.00154. The summed E-state index contributed by atoms with van der Waals surface area (Å²) in [4.78, 5) is 11.8. The van der Waals surface area contributed by atoms with E-state index in [-0.39, 0.29) is 0 Å². The van der Waals surface area contributed by atoms with E-state index >= 15 is 0 Å². The van der Waals surface area contributed by atoms with Crippen LogP contribution in [0.1, 0.15) is 32.6 Å². The molecule has 0 bridgehead atoms. The topological polar surface area (TPSA) is 65.0 Å². The molecule has 0 aromatic carbocycles. The second kappa shape index (κ2) is 9.49. The number of rotatable bonds is 9. The molecule has 0 heterocycles. The number of hydrogen-bond acceptors (Lipinski definition) is 5. The van der Waals surface area contributed by atoms with Crippen molar-refractivity contribution in [2.75, 3.05) is 0 Å². The van der Waals surface area contributed by atoms with E-state index in [4.69, 9.17) is 13.0 Å². The summed E-state index contributed by atoms with van der Waals surface area (Å²) in [5.41, 5.74) is 0.372. The van der Waals surface area contributed by atoms with Gasteiger partial charge in [0.2, 0.25) is 0 Å². The minimum absolute atomic E-state index is 0.372. The summed E-state index contributed by atoms with van der Waals surface area (Å²) in [6, 6.07) is 0.948. The first kappa shape index (κ1) is 24.8. The monoisotopic (exact) mass is 432 g/mol. The van der Waals surface area contributed by atoms with Gasteiger partial charge >= 0.3 is 14.5 Å². The highest BCUT2D eigenvalue weighted by atomic mass is 28.5. The Balaban J connectivity index is 2.73. The maximum Gasteiger partial charge on any atom is 0.333 e. The van der Waals surface area contributed by atoms with Gasteiger partial charge in [0.1, 0.15) is 6.10 Å². The fraction of sp³-hybridized carbons (Fsp3) is 0.842. The van der Waals surface area contributed by atoms with Gasteiger partial charge in [0.05, 0.1) is 6.10 Å². The third-order valence-electron chi connectivity index (χ3n) is 4.52. The smallest absolute Gasteiger partial charge is 0.333 e. The average molecular weight is 433 g/mol. The predicted octanol–water partition coefficient (Wildman–Crippen LogP) is 4.80. The van der Waals surface area contributed by atoms with Crippen molar-refractivity contribution in [1.82, 2.24) is 0 Å². The van der Waals surface area contributed by atoms with Gasteiger partial charge in [-0.3, -0.25) is 0 Å². The molecular weight excluding hydrogens is 392 g/mol. The number of aliphatic hydroxyl groups is 1.